The van der Waals surface area contributed by atoms with E-state index in [1.54, 1.807) is 6.07 Å². The van der Waals surface area contributed by atoms with Crippen molar-refractivity contribution in [3.8, 4) is 0 Å². The number of H-pyrrole nitrogens is 1. The number of hydrogen-bond donors (Lipinski definition) is 2. The van der Waals surface area contributed by atoms with Crippen molar-refractivity contribution in [2.24, 2.45) is 11.3 Å². The van der Waals surface area contributed by atoms with Crippen molar-refractivity contribution in [2.45, 2.75) is 25.4 Å². The SMILES string of the molecule is FC(F)(F)c1[nH]nc2cc(CC3CC4(CNC4)C3)ncc12. The molecule has 2 N–H and O–H groups in total. The number of halogens is 3. The quantitative estimate of drug-likeness (QED) is 0.895. The van der Waals surface area contributed by atoms with E-state index >= 15 is 0 Å². The van der Waals surface area contributed by atoms with Crippen molar-refractivity contribution in [3.05, 3.63) is 23.7 Å². The molecule has 1 saturated carbocycles. The fraction of sp³-hybridized carbons (Fsp3) is 0.571. The first-order valence-electron chi connectivity index (χ1n) is 7.06. The maximum Gasteiger partial charge on any atom is 0.433 e. The highest BCUT2D eigenvalue weighted by Gasteiger charge is 2.48. The lowest BCUT2D eigenvalue weighted by Gasteiger charge is -2.54. The van der Waals surface area contributed by atoms with Crippen LogP contribution >= 0.6 is 0 Å². The Hall–Kier alpha value is -1.63. The number of fused-ring (bicyclic) bond motifs is 1. The fourth-order valence-corrected chi connectivity index (χ4v) is 3.65. The van der Waals surface area contributed by atoms with E-state index in [1.165, 1.54) is 19.0 Å². The summed E-state index contributed by atoms with van der Waals surface area (Å²) in [6.45, 7) is 2.20. The zero-order valence-corrected chi connectivity index (χ0v) is 11.3. The Morgan fingerprint density at radius 1 is 1.29 bits per heavy atom. The van der Waals surface area contributed by atoms with Gasteiger partial charge in [-0.3, -0.25) is 10.1 Å². The molecule has 1 saturated heterocycles. The van der Waals surface area contributed by atoms with Crippen molar-refractivity contribution in [1.82, 2.24) is 20.5 Å². The Morgan fingerprint density at radius 3 is 2.67 bits per heavy atom. The third-order valence-corrected chi connectivity index (χ3v) is 4.72. The molecule has 2 aromatic rings. The molecule has 7 heteroatoms. The summed E-state index contributed by atoms with van der Waals surface area (Å²) in [5, 5.41) is 9.16. The third kappa shape index (κ3) is 2.10. The normalized spacial score (nSPS) is 21.5. The summed E-state index contributed by atoms with van der Waals surface area (Å²) in [4.78, 5) is 4.19. The van der Waals surface area contributed by atoms with Gasteiger partial charge < -0.3 is 5.32 Å². The van der Waals surface area contributed by atoms with Crippen LogP contribution in [0.5, 0.6) is 0 Å². The van der Waals surface area contributed by atoms with Crippen LogP contribution in [0.1, 0.15) is 24.2 Å². The first-order chi connectivity index (χ1) is 9.95. The van der Waals surface area contributed by atoms with E-state index in [1.807, 2.05) is 0 Å². The van der Waals surface area contributed by atoms with Gasteiger partial charge in [-0.15, -0.1) is 0 Å². The molecular weight excluding hydrogens is 281 g/mol. The highest BCUT2D eigenvalue weighted by molar-refractivity contribution is 5.81. The smallest absolute Gasteiger partial charge is 0.316 e. The van der Waals surface area contributed by atoms with Gasteiger partial charge in [0.05, 0.1) is 10.9 Å². The summed E-state index contributed by atoms with van der Waals surface area (Å²) in [5.74, 6) is 0.595. The van der Waals surface area contributed by atoms with Crippen LogP contribution in [0.15, 0.2) is 12.3 Å². The molecule has 1 spiro atoms. The van der Waals surface area contributed by atoms with E-state index < -0.39 is 11.9 Å². The predicted octanol–water partition coefficient (Wildman–Crippen LogP) is 2.52. The summed E-state index contributed by atoms with van der Waals surface area (Å²) in [5.41, 5.74) is 0.853. The van der Waals surface area contributed by atoms with Crippen LogP contribution in [0.4, 0.5) is 13.2 Å². The Kier molecular flexibility index (Phi) is 2.61. The molecule has 2 aliphatic rings. The molecule has 0 atom stereocenters. The second-order valence-corrected chi connectivity index (χ2v) is 6.37. The number of rotatable bonds is 2. The van der Waals surface area contributed by atoms with Gasteiger partial charge in [-0.25, -0.2) is 0 Å². The van der Waals surface area contributed by atoms with E-state index in [2.05, 4.69) is 20.5 Å². The van der Waals surface area contributed by atoms with Gasteiger partial charge in [-0.2, -0.15) is 18.3 Å². The second kappa shape index (κ2) is 4.19. The molecule has 0 aromatic carbocycles. The summed E-state index contributed by atoms with van der Waals surface area (Å²) in [7, 11) is 0. The molecule has 0 amide bonds. The predicted molar refractivity (Wildman–Crippen MR) is 70.6 cm³/mol. The van der Waals surface area contributed by atoms with E-state index in [0.29, 0.717) is 16.8 Å². The van der Waals surface area contributed by atoms with Crippen LogP contribution in [-0.4, -0.2) is 28.3 Å². The Labute approximate surface area is 119 Å². The van der Waals surface area contributed by atoms with Crippen LogP contribution in [-0.2, 0) is 12.6 Å². The molecule has 1 aliphatic carbocycles. The molecule has 0 radical (unpaired) electrons. The number of hydrogen-bond acceptors (Lipinski definition) is 3. The van der Waals surface area contributed by atoms with Crippen LogP contribution in [0.25, 0.3) is 10.9 Å². The molecular formula is C14H15F3N4. The molecule has 0 bridgehead atoms. The molecule has 0 unspecified atom stereocenters. The Bertz CT molecular complexity index is 679. The number of nitrogens with zero attached hydrogens (tertiary/aromatic N) is 2. The molecule has 112 valence electrons. The lowest BCUT2D eigenvalue weighted by molar-refractivity contribution is -0.139. The number of alkyl halides is 3. The number of pyridine rings is 1. The Morgan fingerprint density at radius 2 is 2.05 bits per heavy atom. The fourth-order valence-electron chi connectivity index (χ4n) is 3.65. The van der Waals surface area contributed by atoms with Crippen LogP contribution < -0.4 is 5.32 Å². The summed E-state index contributed by atoms with van der Waals surface area (Å²) in [6, 6.07) is 1.67. The van der Waals surface area contributed by atoms with Crippen molar-refractivity contribution < 1.29 is 13.2 Å². The summed E-state index contributed by atoms with van der Waals surface area (Å²) < 4.78 is 38.3. The molecule has 4 nitrogen and oxygen atoms in total. The van der Waals surface area contributed by atoms with Gasteiger partial charge in [0.1, 0.15) is 5.69 Å². The van der Waals surface area contributed by atoms with Gasteiger partial charge in [0.15, 0.2) is 0 Å². The lowest BCUT2D eigenvalue weighted by atomic mass is 9.57. The first kappa shape index (κ1) is 13.1. The van der Waals surface area contributed by atoms with Gasteiger partial charge in [-0.05, 0) is 36.7 Å². The zero-order valence-electron chi connectivity index (χ0n) is 11.3. The minimum atomic E-state index is -4.42. The van der Waals surface area contributed by atoms with Crippen molar-refractivity contribution in [3.63, 3.8) is 0 Å². The second-order valence-electron chi connectivity index (χ2n) is 6.37. The average molecular weight is 296 g/mol. The van der Waals surface area contributed by atoms with E-state index in [-0.39, 0.29) is 5.39 Å². The van der Waals surface area contributed by atoms with Crippen molar-refractivity contribution in [2.75, 3.05) is 13.1 Å². The van der Waals surface area contributed by atoms with E-state index in [0.717, 1.165) is 25.2 Å². The van der Waals surface area contributed by atoms with E-state index in [9.17, 15) is 13.2 Å². The maximum absolute atomic E-state index is 12.8. The van der Waals surface area contributed by atoms with E-state index in [4.69, 9.17) is 0 Å². The van der Waals surface area contributed by atoms with Crippen LogP contribution in [0.2, 0.25) is 0 Å². The van der Waals surface area contributed by atoms with Gasteiger partial charge >= 0.3 is 6.18 Å². The minimum absolute atomic E-state index is 0.0412. The number of nitrogens with one attached hydrogen (secondary N) is 2. The van der Waals surface area contributed by atoms with Crippen LogP contribution in [0, 0.1) is 11.3 Å². The maximum atomic E-state index is 12.8. The van der Waals surface area contributed by atoms with Gasteiger partial charge in [0, 0.05) is 25.0 Å². The third-order valence-electron chi connectivity index (χ3n) is 4.72. The molecule has 2 fully saturated rings. The molecule has 2 aromatic heterocycles. The molecule has 3 heterocycles. The summed E-state index contributed by atoms with van der Waals surface area (Å²) in [6.07, 6.45) is 0.0694. The molecule has 1 aliphatic heterocycles. The number of aromatic nitrogens is 3. The highest BCUT2D eigenvalue weighted by Crippen LogP contribution is 2.49. The highest BCUT2D eigenvalue weighted by atomic mass is 19.4. The zero-order chi connectivity index (χ0) is 14.7. The lowest BCUT2D eigenvalue weighted by Crippen LogP contribution is -2.60. The average Bonchev–Trinajstić information content (AvgIpc) is 2.73. The Balaban J connectivity index is 1.52. The van der Waals surface area contributed by atoms with Crippen molar-refractivity contribution >= 4 is 10.9 Å². The summed E-state index contributed by atoms with van der Waals surface area (Å²) >= 11 is 0. The number of aromatic amines is 1. The molecule has 4 rings (SSSR count). The molecule has 21 heavy (non-hydrogen) atoms. The topological polar surface area (TPSA) is 53.6 Å². The van der Waals surface area contributed by atoms with Crippen LogP contribution in [0.3, 0.4) is 0 Å². The minimum Gasteiger partial charge on any atom is -0.316 e. The standard InChI is InChI=1S/C14H15F3N4/c15-14(16,17)12-10-5-19-9(2-11(10)20-21-12)1-8-3-13(4-8)6-18-7-13/h2,5,8,18H,1,3-4,6-7H2,(H,20,21). The first-order valence-corrected chi connectivity index (χ1v) is 7.06. The van der Waals surface area contributed by atoms with Gasteiger partial charge in [0.2, 0.25) is 0 Å². The monoisotopic (exact) mass is 296 g/mol. The van der Waals surface area contributed by atoms with Gasteiger partial charge in [0.25, 0.3) is 0 Å². The van der Waals surface area contributed by atoms with Gasteiger partial charge in [-0.1, -0.05) is 0 Å². The largest absolute Gasteiger partial charge is 0.433 e. The van der Waals surface area contributed by atoms with Crippen molar-refractivity contribution in [1.29, 1.82) is 0 Å².